The third-order valence-corrected chi connectivity index (χ3v) is 5.14. The summed E-state index contributed by atoms with van der Waals surface area (Å²) in [6.45, 7) is -0.121. The molecule has 128 valence electrons. The number of alkyl halides is 3. The zero-order valence-electron chi connectivity index (χ0n) is 12.6. The molecule has 24 heavy (non-hydrogen) atoms. The number of aryl methyl sites for hydroxylation is 1. The van der Waals surface area contributed by atoms with Gasteiger partial charge in [0.25, 0.3) is 5.56 Å². The molecule has 1 atom stereocenters. The van der Waals surface area contributed by atoms with Gasteiger partial charge in [0.2, 0.25) is 0 Å². The van der Waals surface area contributed by atoms with E-state index in [1.807, 2.05) is 0 Å². The lowest BCUT2D eigenvalue weighted by Gasteiger charge is -2.12. The van der Waals surface area contributed by atoms with Gasteiger partial charge in [0.15, 0.2) is 0 Å². The Kier molecular flexibility index (Phi) is 4.58. The van der Waals surface area contributed by atoms with Gasteiger partial charge in [-0.05, 0) is 31.0 Å². The van der Waals surface area contributed by atoms with Crippen LogP contribution in [0, 0.1) is 0 Å². The van der Waals surface area contributed by atoms with Crippen molar-refractivity contribution in [3.63, 3.8) is 0 Å². The van der Waals surface area contributed by atoms with Crippen molar-refractivity contribution in [2.45, 2.75) is 36.4 Å². The van der Waals surface area contributed by atoms with Crippen molar-refractivity contribution in [1.82, 2.24) is 9.78 Å². The topological polar surface area (TPSA) is 52.0 Å². The molecule has 1 aliphatic rings. The molecule has 1 aliphatic carbocycles. The van der Waals surface area contributed by atoms with Crippen LogP contribution in [0.2, 0.25) is 0 Å². The zero-order valence-corrected chi connectivity index (χ0v) is 13.4. The van der Waals surface area contributed by atoms with E-state index in [0.717, 1.165) is 23.6 Å². The average Bonchev–Trinajstić information content (AvgIpc) is 3.38. The van der Waals surface area contributed by atoms with E-state index in [1.165, 1.54) is 0 Å². The van der Waals surface area contributed by atoms with Crippen LogP contribution in [0.5, 0.6) is 0 Å². The van der Waals surface area contributed by atoms with Gasteiger partial charge in [-0.1, -0.05) is 18.2 Å². The Morgan fingerprint density at radius 2 is 1.88 bits per heavy atom. The fourth-order valence-corrected chi connectivity index (χ4v) is 3.39. The molecule has 0 radical (unpaired) electrons. The second-order valence-corrected chi connectivity index (χ2v) is 7.22. The van der Waals surface area contributed by atoms with Crippen molar-refractivity contribution in [2.24, 2.45) is 0 Å². The molecular formula is C16H15F3N2O2S. The largest absolute Gasteiger partial charge is 0.421 e. The van der Waals surface area contributed by atoms with E-state index >= 15 is 0 Å². The quantitative estimate of drug-likeness (QED) is 0.828. The maximum atomic E-state index is 13.1. The van der Waals surface area contributed by atoms with Crippen LogP contribution in [0.1, 0.15) is 30.0 Å². The number of hydrogen-bond acceptors (Lipinski definition) is 3. The van der Waals surface area contributed by atoms with Gasteiger partial charge in [0.05, 0.1) is 23.0 Å². The van der Waals surface area contributed by atoms with Gasteiger partial charge in [-0.3, -0.25) is 9.00 Å². The number of halogens is 3. The fourth-order valence-electron chi connectivity index (χ4n) is 2.36. The Morgan fingerprint density at radius 3 is 2.46 bits per heavy atom. The summed E-state index contributed by atoms with van der Waals surface area (Å²) in [5.74, 6) is 0.0140. The Hall–Kier alpha value is -1.96. The van der Waals surface area contributed by atoms with Gasteiger partial charge in [-0.25, -0.2) is 4.68 Å². The third-order valence-electron chi connectivity index (χ3n) is 3.79. The summed E-state index contributed by atoms with van der Waals surface area (Å²) >= 11 is 0. The second-order valence-electron chi connectivity index (χ2n) is 5.65. The molecule has 1 heterocycles. The summed E-state index contributed by atoms with van der Waals surface area (Å²) in [4.78, 5) is 12.6. The highest BCUT2D eigenvalue weighted by molar-refractivity contribution is 7.85. The van der Waals surface area contributed by atoms with E-state index < -0.39 is 28.1 Å². The summed E-state index contributed by atoms with van der Waals surface area (Å²) in [5, 5.41) is 4.04. The molecule has 1 fully saturated rings. The van der Waals surface area contributed by atoms with Gasteiger partial charge in [-0.15, -0.1) is 0 Å². The fraction of sp³-hybridized carbons (Fsp3) is 0.375. The normalized spacial score (nSPS) is 16.1. The zero-order chi connectivity index (χ0) is 17.3. The minimum Gasteiger partial charge on any atom is -0.267 e. The van der Waals surface area contributed by atoms with Gasteiger partial charge in [0.1, 0.15) is 5.56 Å². The van der Waals surface area contributed by atoms with Gasteiger partial charge in [-0.2, -0.15) is 18.3 Å². The Labute approximate surface area is 138 Å². The molecule has 1 saturated carbocycles. The van der Waals surface area contributed by atoms with Crippen LogP contribution < -0.4 is 5.56 Å². The smallest absolute Gasteiger partial charge is 0.267 e. The highest BCUT2D eigenvalue weighted by atomic mass is 32.2. The first kappa shape index (κ1) is 16.9. The molecule has 0 bridgehead atoms. The number of aromatic nitrogens is 2. The number of nitrogens with zero attached hydrogens (tertiary/aromatic N) is 2. The summed E-state index contributed by atoms with van der Waals surface area (Å²) < 4.78 is 52.2. The van der Waals surface area contributed by atoms with Crippen LogP contribution in [0.4, 0.5) is 13.2 Å². The average molecular weight is 356 g/mol. The standard InChI is InChI=1S/C16H15F3N2O2S/c17-16(18,19)13-10-14(11-6-7-11)20-21(15(13)22)8-9-24(23)12-4-2-1-3-5-12/h1-5,10-11H,6-9H2. The predicted octanol–water partition coefficient (Wildman–Crippen LogP) is 2.95. The van der Waals surface area contributed by atoms with Crippen LogP contribution in [-0.4, -0.2) is 19.7 Å². The molecule has 1 unspecified atom stereocenters. The van der Waals surface area contributed by atoms with Gasteiger partial charge < -0.3 is 0 Å². The van der Waals surface area contributed by atoms with Crippen LogP contribution in [0.3, 0.4) is 0 Å². The molecular weight excluding hydrogens is 341 g/mol. The van der Waals surface area contributed by atoms with Crippen LogP contribution >= 0.6 is 0 Å². The lowest BCUT2D eigenvalue weighted by Crippen LogP contribution is -2.32. The molecule has 1 aromatic heterocycles. The van der Waals surface area contributed by atoms with Crippen molar-refractivity contribution in [2.75, 3.05) is 5.75 Å². The van der Waals surface area contributed by atoms with E-state index in [4.69, 9.17) is 0 Å². The summed E-state index contributed by atoms with van der Waals surface area (Å²) in [6.07, 6.45) is -3.17. The second kappa shape index (κ2) is 6.51. The Bertz CT molecular complexity index is 814. The van der Waals surface area contributed by atoms with E-state index in [0.29, 0.717) is 4.90 Å². The molecule has 4 nitrogen and oxygen atoms in total. The first-order chi connectivity index (χ1) is 11.4. The first-order valence-electron chi connectivity index (χ1n) is 7.49. The molecule has 0 amide bonds. The first-order valence-corrected chi connectivity index (χ1v) is 8.81. The van der Waals surface area contributed by atoms with Gasteiger partial charge >= 0.3 is 6.18 Å². The minimum atomic E-state index is -4.72. The SMILES string of the molecule is O=c1c(C(F)(F)F)cc(C2CC2)nn1CCS(=O)c1ccccc1. The maximum Gasteiger partial charge on any atom is 0.421 e. The lowest BCUT2D eigenvalue weighted by molar-refractivity contribution is -0.139. The molecule has 0 saturated heterocycles. The predicted molar refractivity (Wildman–Crippen MR) is 83.2 cm³/mol. The van der Waals surface area contributed by atoms with E-state index in [9.17, 15) is 22.2 Å². The van der Waals surface area contributed by atoms with E-state index in [2.05, 4.69) is 5.10 Å². The summed E-state index contributed by atoms with van der Waals surface area (Å²) in [5.41, 5.74) is -2.10. The molecule has 1 aromatic carbocycles. The highest BCUT2D eigenvalue weighted by Gasteiger charge is 2.37. The van der Waals surface area contributed by atoms with Crippen molar-refractivity contribution in [1.29, 1.82) is 0 Å². The maximum absolute atomic E-state index is 13.1. The Morgan fingerprint density at radius 1 is 1.21 bits per heavy atom. The van der Waals surface area contributed by atoms with Crippen LogP contribution in [-0.2, 0) is 23.5 Å². The number of benzene rings is 1. The molecule has 0 aliphatic heterocycles. The van der Waals surface area contributed by atoms with Gasteiger partial charge in [0, 0.05) is 16.6 Å². The number of hydrogen-bond donors (Lipinski definition) is 0. The molecule has 8 heteroatoms. The van der Waals surface area contributed by atoms with Crippen molar-refractivity contribution < 1.29 is 17.4 Å². The molecule has 0 N–H and O–H groups in total. The van der Waals surface area contributed by atoms with E-state index in [-0.39, 0.29) is 23.9 Å². The van der Waals surface area contributed by atoms with Crippen molar-refractivity contribution >= 4 is 10.8 Å². The Balaban J connectivity index is 1.86. The van der Waals surface area contributed by atoms with Crippen LogP contribution in [0.25, 0.3) is 0 Å². The monoisotopic (exact) mass is 356 g/mol. The molecule has 3 rings (SSSR count). The third kappa shape index (κ3) is 3.75. The summed E-state index contributed by atoms with van der Waals surface area (Å²) in [7, 11) is -1.40. The lowest BCUT2D eigenvalue weighted by atomic mass is 10.2. The van der Waals surface area contributed by atoms with Crippen LogP contribution in [0.15, 0.2) is 46.1 Å². The highest BCUT2D eigenvalue weighted by Crippen LogP contribution is 2.40. The van der Waals surface area contributed by atoms with E-state index in [1.54, 1.807) is 30.3 Å². The number of rotatable bonds is 5. The summed E-state index contributed by atoms with van der Waals surface area (Å²) in [6, 6.07) is 9.44. The minimum absolute atomic E-state index is 0.0161. The molecule has 0 spiro atoms. The van der Waals surface area contributed by atoms with Crippen molar-refractivity contribution in [3.8, 4) is 0 Å². The molecule has 2 aromatic rings. The van der Waals surface area contributed by atoms with Crippen molar-refractivity contribution in [3.05, 3.63) is 58.0 Å².